The molecule has 114 valence electrons. The van der Waals surface area contributed by atoms with E-state index in [1.807, 2.05) is 0 Å². The lowest BCUT2D eigenvalue weighted by Gasteiger charge is -2.42. The Bertz CT molecular complexity index is 398. The highest BCUT2D eigenvalue weighted by Crippen LogP contribution is 2.35. The summed E-state index contributed by atoms with van der Waals surface area (Å²) in [6, 6.07) is -0.238. The first-order chi connectivity index (χ1) is 9.43. The second kappa shape index (κ2) is 5.99. The number of rotatable bonds is 2. The predicted molar refractivity (Wildman–Crippen MR) is 63.7 cm³/mol. The summed E-state index contributed by atoms with van der Waals surface area (Å²) in [5, 5.41) is 5.13. The Labute approximate surface area is 114 Å². The third-order valence-electron chi connectivity index (χ3n) is 3.76. The summed E-state index contributed by atoms with van der Waals surface area (Å²) in [5.41, 5.74) is 0.844. The number of carbonyl (C=O) groups is 1. The van der Waals surface area contributed by atoms with Crippen molar-refractivity contribution in [3.05, 3.63) is 0 Å². The first-order valence-electron chi connectivity index (χ1n) is 6.59. The number of carbonyl (C=O) groups excluding carboxylic acids is 1. The highest BCUT2D eigenvalue weighted by Gasteiger charge is 2.46. The zero-order chi connectivity index (χ0) is 14.8. The average molecular weight is 294 g/mol. The van der Waals surface area contributed by atoms with E-state index in [-0.39, 0.29) is 18.5 Å². The molecule has 0 aromatic rings. The minimum absolute atomic E-state index is 0.00140. The van der Waals surface area contributed by atoms with Crippen LogP contribution < -0.4 is 0 Å². The summed E-state index contributed by atoms with van der Waals surface area (Å²) >= 11 is 0. The molecule has 2 aliphatic rings. The number of hydrogen-bond acceptors (Lipinski definition) is 5. The van der Waals surface area contributed by atoms with Crippen molar-refractivity contribution in [1.29, 1.82) is 0 Å². The molecule has 20 heavy (non-hydrogen) atoms. The van der Waals surface area contributed by atoms with Gasteiger partial charge in [0, 0.05) is 18.9 Å². The molecule has 1 saturated heterocycles. The van der Waals surface area contributed by atoms with Crippen molar-refractivity contribution in [1.82, 2.24) is 5.06 Å². The molecule has 2 unspecified atom stereocenters. The van der Waals surface area contributed by atoms with Gasteiger partial charge in [0.1, 0.15) is 7.11 Å². The van der Waals surface area contributed by atoms with E-state index in [4.69, 9.17) is 4.84 Å². The summed E-state index contributed by atoms with van der Waals surface area (Å²) in [6.45, 7) is 0.213. The number of nitrogens with zero attached hydrogens (tertiary/aromatic N) is 2. The maximum atomic E-state index is 12.3. The Morgan fingerprint density at radius 2 is 2.05 bits per heavy atom. The van der Waals surface area contributed by atoms with Gasteiger partial charge in [-0.15, -0.1) is 5.06 Å². The van der Waals surface area contributed by atoms with E-state index >= 15 is 0 Å². The van der Waals surface area contributed by atoms with Crippen LogP contribution in [0.4, 0.5) is 13.2 Å². The van der Waals surface area contributed by atoms with Crippen LogP contribution in [0.2, 0.25) is 0 Å². The number of oxime groups is 1. The van der Waals surface area contributed by atoms with Gasteiger partial charge in [-0.2, -0.15) is 13.2 Å². The van der Waals surface area contributed by atoms with Crippen molar-refractivity contribution >= 4 is 11.7 Å². The Morgan fingerprint density at radius 1 is 1.35 bits per heavy atom. The van der Waals surface area contributed by atoms with Gasteiger partial charge in [-0.3, -0.25) is 0 Å². The molecule has 2 atom stereocenters. The van der Waals surface area contributed by atoms with Crippen LogP contribution in [-0.2, 0) is 14.5 Å². The monoisotopic (exact) mass is 294 g/mol. The first-order valence-corrected chi connectivity index (χ1v) is 6.59. The molecule has 0 radical (unpaired) electrons. The van der Waals surface area contributed by atoms with Gasteiger partial charge in [0.15, 0.2) is 0 Å². The van der Waals surface area contributed by atoms with Gasteiger partial charge < -0.3 is 9.68 Å². The molecule has 5 nitrogen and oxygen atoms in total. The fourth-order valence-corrected chi connectivity index (χ4v) is 2.92. The summed E-state index contributed by atoms with van der Waals surface area (Å²) < 4.78 is 36.8. The number of halogens is 3. The van der Waals surface area contributed by atoms with Crippen molar-refractivity contribution < 1.29 is 27.6 Å². The Hall–Kier alpha value is -1.31. The topological polar surface area (TPSA) is 51.1 Å². The van der Waals surface area contributed by atoms with Crippen molar-refractivity contribution in [3.8, 4) is 0 Å². The van der Waals surface area contributed by atoms with Gasteiger partial charge in [0.2, 0.25) is 0 Å². The minimum Gasteiger partial charge on any atom is -0.399 e. The smallest absolute Gasteiger partial charge is 0.399 e. The number of alkyl halides is 3. The number of piperidine rings is 1. The zero-order valence-corrected chi connectivity index (χ0v) is 11.2. The van der Waals surface area contributed by atoms with E-state index in [1.165, 1.54) is 12.2 Å². The number of hydrogen-bond donors (Lipinski definition) is 0. The molecule has 0 spiro atoms. The first kappa shape index (κ1) is 15.1. The molecule has 8 heteroatoms. The Balaban J connectivity index is 2.08. The maximum Gasteiger partial charge on any atom is 0.492 e. The number of fused-ring (bicyclic) bond motifs is 1. The summed E-state index contributed by atoms with van der Waals surface area (Å²) in [6.07, 6.45) is -1.11. The van der Waals surface area contributed by atoms with E-state index in [0.717, 1.165) is 25.0 Å². The minimum atomic E-state index is -4.97. The largest absolute Gasteiger partial charge is 0.492 e. The van der Waals surface area contributed by atoms with Gasteiger partial charge >= 0.3 is 12.1 Å². The lowest BCUT2D eigenvalue weighted by molar-refractivity contribution is -0.251. The molecule has 1 aliphatic carbocycles. The van der Waals surface area contributed by atoms with Crippen LogP contribution in [0.5, 0.6) is 0 Å². The molecule has 0 bridgehead atoms. The summed E-state index contributed by atoms with van der Waals surface area (Å²) in [5.74, 6) is -2.16. The molecule has 0 aromatic carbocycles. The van der Waals surface area contributed by atoms with Crippen LogP contribution in [-0.4, -0.2) is 42.6 Å². The molecule has 2 rings (SSSR count). The predicted octanol–water partition coefficient (Wildman–Crippen LogP) is 2.27. The second-order valence-corrected chi connectivity index (χ2v) is 4.99. The van der Waals surface area contributed by atoms with E-state index < -0.39 is 12.1 Å². The Morgan fingerprint density at radius 3 is 2.70 bits per heavy atom. The van der Waals surface area contributed by atoms with Crippen LogP contribution >= 0.6 is 0 Å². The Kier molecular flexibility index (Phi) is 4.52. The molecular formula is C12H17F3N2O3. The highest BCUT2D eigenvalue weighted by atomic mass is 19.4. The van der Waals surface area contributed by atoms with Crippen molar-refractivity contribution in [2.75, 3.05) is 13.7 Å². The molecule has 1 aliphatic heterocycles. The van der Waals surface area contributed by atoms with Crippen LogP contribution in [0.1, 0.15) is 32.1 Å². The van der Waals surface area contributed by atoms with Gasteiger partial charge in [-0.25, -0.2) is 4.79 Å². The number of hydroxylamine groups is 2. The third-order valence-corrected chi connectivity index (χ3v) is 3.76. The standard InChI is InChI=1S/C12H17F3N2O3/c1-19-16-9-6-7-17(20-11(18)12(13,14)15)10-5-3-2-4-8(9)10/h8,10H,2-7H2,1H3. The van der Waals surface area contributed by atoms with Crippen molar-refractivity contribution in [2.24, 2.45) is 11.1 Å². The average Bonchev–Trinajstić information content (AvgIpc) is 2.40. The molecule has 0 amide bonds. The quantitative estimate of drug-likeness (QED) is 0.733. The molecule has 1 saturated carbocycles. The third kappa shape index (κ3) is 3.23. The molecule has 1 heterocycles. The van der Waals surface area contributed by atoms with Crippen molar-refractivity contribution in [3.63, 3.8) is 0 Å². The molecular weight excluding hydrogens is 277 g/mol. The van der Waals surface area contributed by atoms with E-state index in [2.05, 4.69) is 9.99 Å². The summed E-state index contributed by atoms with van der Waals surface area (Å²) in [4.78, 5) is 20.3. The van der Waals surface area contributed by atoms with Crippen LogP contribution in [0.15, 0.2) is 5.16 Å². The fraction of sp³-hybridized carbons (Fsp3) is 0.833. The molecule has 0 aromatic heterocycles. The zero-order valence-electron chi connectivity index (χ0n) is 11.2. The SMILES string of the molecule is CON=C1CCN(OC(=O)C(F)(F)F)C2CCCCC12. The van der Waals surface area contributed by atoms with Crippen LogP contribution in [0.3, 0.4) is 0 Å². The highest BCUT2D eigenvalue weighted by molar-refractivity contribution is 5.88. The van der Waals surface area contributed by atoms with Gasteiger partial charge in [0.05, 0.1) is 11.8 Å². The van der Waals surface area contributed by atoms with Gasteiger partial charge in [-0.05, 0) is 12.8 Å². The van der Waals surface area contributed by atoms with Gasteiger partial charge in [-0.1, -0.05) is 18.0 Å². The molecule has 0 N–H and O–H groups in total. The van der Waals surface area contributed by atoms with E-state index in [1.54, 1.807) is 0 Å². The van der Waals surface area contributed by atoms with Crippen molar-refractivity contribution in [2.45, 2.75) is 44.3 Å². The summed E-state index contributed by atoms with van der Waals surface area (Å²) in [7, 11) is 1.45. The maximum absolute atomic E-state index is 12.3. The lowest BCUT2D eigenvalue weighted by Crippen LogP contribution is -2.52. The lowest BCUT2D eigenvalue weighted by atomic mass is 9.78. The molecule has 2 fully saturated rings. The normalized spacial score (nSPS) is 29.9. The fourth-order valence-electron chi connectivity index (χ4n) is 2.92. The van der Waals surface area contributed by atoms with E-state index in [0.29, 0.717) is 12.8 Å². The van der Waals surface area contributed by atoms with E-state index in [9.17, 15) is 18.0 Å². The van der Waals surface area contributed by atoms with Crippen LogP contribution in [0, 0.1) is 5.92 Å². The van der Waals surface area contributed by atoms with Gasteiger partial charge in [0.25, 0.3) is 0 Å². The van der Waals surface area contributed by atoms with Crippen LogP contribution in [0.25, 0.3) is 0 Å². The second-order valence-electron chi connectivity index (χ2n) is 4.99.